The van der Waals surface area contributed by atoms with Crippen LogP contribution in [0.2, 0.25) is 5.02 Å². The number of hydrogen-bond acceptors (Lipinski definition) is 4. The van der Waals surface area contributed by atoms with E-state index in [0.29, 0.717) is 0 Å². The lowest BCUT2D eigenvalue weighted by Gasteiger charge is -2.07. The van der Waals surface area contributed by atoms with Gasteiger partial charge < -0.3 is 5.11 Å². The lowest BCUT2D eigenvalue weighted by atomic mass is 10.1. The van der Waals surface area contributed by atoms with Gasteiger partial charge in [0.05, 0.1) is 23.2 Å². The highest BCUT2D eigenvalue weighted by Gasteiger charge is 2.30. The summed E-state index contributed by atoms with van der Waals surface area (Å²) in [6, 6.07) is 0. The van der Waals surface area contributed by atoms with Crippen molar-refractivity contribution in [2.24, 2.45) is 0 Å². The molecule has 0 aliphatic carbocycles. The Morgan fingerprint density at radius 3 is 2.65 bits per heavy atom. The lowest BCUT2D eigenvalue weighted by Crippen LogP contribution is -2.09. The van der Waals surface area contributed by atoms with E-state index in [9.17, 15) is 23.7 Å². The van der Waals surface area contributed by atoms with Crippen molar-refractivity contribution >= 4 is 23.3 Å². The molecule has 1 aromatic rings. The lowest BCUT2D eigenvalue weighted by molar-refractivity contribution is -0.386. The highest BCUT2D eigenvalue weighted by Crippen LogP contribution is 2.36. The van der Waals surface area contributed by atoms with E-state index in [-0.39, 0.29) is 0 Å². The number of carboxylic acids is 1. The predicted octanol–water partition coefficient (Wildman–Crippen LogP) is 2.21. The van der Waals surface area contributed by atoms with Crippen LogP contribution in [0.5, 0.6) is 0 Å². The van der Waals surface area contributed by atoms with Gasteiger partial charge in [0.2, 0.25) is 0 Å². The molecule has 0 radical (unpaired) electrons. The Balaban J connectivity index is 3.47. The first-order chi connectivity index (χ1) is 7.84. The Morgan fingerprint density at radius 2 is 2.24 bits per heavy atom. The standard InChI is InChI=1S/C8H5ClF2N2O4/c9-3-2-12-4(1-5(14)15)6(8(10)11)7(3)13(16)17/h2,8H,1H2,(H,14,15). The highest BCUT2D eigenvalue weighted by atomic mass is 35.5. The van der Waals surface area contributed by atoms with Gasteiger partial charge in [-0.2, -0.15) is 0 Å². The third-order valence-corrected chi connectivity index (χ3v) is 2.12. The van der Waals surface area contributed by atoms with Crippen molar-refractivity contribution < 1.29 is 23.6 Å². The van der Waals surface area contributed by atoms with E-state index < -0.39 is 45.7 Å². The van der Waals surface area contributed by atoms with Crippen LogP contribution in [0.4, 0.5) is 14.5 Å². The fourth-order valence-electron chi connectivity index (χ4n) is 1.23. The molecule has 1 aromatic heterocycles. The van der Waals surface area contributed by atoms with Crippen molar-refractivity contribution in [3.05, 3.63) is 32.6 Å². The molecule has 92 valence electrons. The number of rotatable bonds is 4. The van der Waals surface area contributed by atoms with E-state index in [1.807, 2.05) is 0 Å². The van der Waals surface area contributed by atoms with Gasteiger partial charge in [-0.15, -0.1) is 0 Å². The Bertz CT molecular complexity index is 481. The Morgan fingerprint density at radius 1 is 1.65 bits per heavy atom. The first kappa shape index (κ1) is 13.2. The highest BCUT2D eigenvalue weighted by molar-refractivity contribution is 6.32. The molecule has 0 saturated carbocycles. The molecule has 0 aromatic carbocycles. The number of carbonyl (C=O) groups is 1. The van der Waals surface area contributed by atoms with Gasteiger partial charge >= 0.3 is 5.97 Å². The molecule has 17 heavy (non-hydrogen) atoms. The van der Waals surface area contributed by atoms with Crippen LogP contribution >= 0.6 is 11.6 Å². The van der Waals surface area contributed by atoms with Crippen LogP contribution in [0, 0.1) is 10.1 Å². The Labute approximate surface area is 98.0 Å². The van der Waals surface area contributed by atoms with Crippen molar-refractivity contribution in [3.63, 3.8) is 0 Å². The minimum atomic E-state index is -3.23. The van der Waals surface area contributed by atoms with Gasteiger partial charge in [-0.3, -0.25) is 19.9 Å². The summed E-state index contributed by atoms with van der Waals surface area (Å²) in [4.78, 5) is 23.3. The molecule has 0 unspecified atom stereocenters. The maximum absolute atomic E-state index is 12.7. The van der Waals surface area contributed by atoms with Gasteiger partial charge in [0.1, 0.15) is 10.6 Å². The van der Waals surface area contributed by atoms with Crippen LogP contribution in [0.3, 0.4) is 0 Å². The summed E-state index contributed by atoms with van der Waals surface area (Å²) >= 11 is 5.39. The van der Waals surface area contributed by atoms with Gasteiger partial charge in [-0.1, -0.05) is 11.6 Å². The molecule has 6 nitrogen and oxygen atoms in total. The fraction of sp³-hybridized carbons (Fsp3) is 0.250. The maximum Gasteiger partial charge on any atom is 0.309 e. The summed E-state index contributed by atoms with van der Waals surface area (Å²) < 4.78 is 25.4. The third-order valence-electron chi connectivity index (χ3n) is 1.85. The van der Waals surface area contributed by atoms with Crippen LogP contribution in [0.25, 0.3) is 0 Å². The molecular formula is C8H5ClF2N2O4. The number of hydrogen-bond donors (Lipinski definition) is 1. The average Bonchev–Trinajstić information content (AvgIpc) is 2.18. The largest absolute Gasteiger partial charge is 0.481 e. The molecule has 9 heteroatoms. The molecular weight excluding hydrogens is 262 g/mol. The molecule has 0 fully saturated rings. The topological polar surface area (TPSA) is 93.3 Å². The molecule has 0 aliphatic heterocycles. The van der Waals surface area contributed by atoms with Crippen molar-refractivity contribution in [3.8, 4) is 0 Å². The summed E-state index contributed by atoms with van der Waals surface area (Å²) in [7, 11) is 0. The second kappa shape index (κ2) is 5.00. The molecule has 0 amide bonds. The zero-order valence-electron chi connectivity index (χ0n) is 8.06. The molecule has 0 aliphatic rings. The minimum Gasteiger partial charge on any atom is -0.481 e. The SMILES string of the molecule is O=C(O)Cc1ncc(Cl)c([N+](=O)[O-])c1C(F)F. The van der Waals surface area contributed by atoms with Crippen LogP contribution in [0.1, 0.15) is 17.7 Å². The van der Waals surface area contributed by atoms with E-state index in [1.54, 1.807) is 0 Å². The van der Waals surface area contributed by atoms with E-state index in [1.165, 1.54) is 0 Å². The van der Waals surface area contributed by atoms with Crippen molar-refractivity contribution in [1.29, 1.82) is 0 Å². The number of halogens is 3. The van der Waals surface area contributed by atoms with Gasteiger partial charge in [-0.25, -0.2) is 8.78 Å². The number of alkyl halides is 2. The zero-order valence-corrected chi connectivity index (χ0v) is 8.82. The Kier molecular flexibility index (Phi) is 3.89. The molecule has 1 rings (SSSR count). The van der Waals surface area contributed by atoms with Gasteiger partial charge in [0.25, 0.3) is 12.1 Å². The summed E-state index contributed by atoms with van der Waals surface area (Å²) in [6.45, 7) is 0. The molecule has 1 N–H and O–H groups in total. The van der Waals surface area contributed by atoms with Gasteiger partial charge in [0, 0.05) is 0 Å². The smallest absolute Gasteiger partial charge is 0.309 e. The molecule has 1 heterocycles. The Hall–Kier alpha value is -1.83. The average molecular weight is 267 g/mol. The van der Waals surface area contributed by atoms with Crippen molar-refractivity contribution in [1.82, 2.24) is 4.98 Å². The van der Waals surface area contributed by atoms with Crippen LogP contribution in [-0.4, -0.2) is 21.0 Å². The minimum absolute atomic E-state index is 0.556. The molecule has 0 saturated heterocycles. The normalized spacial score (nSPS) is 10.6. The van der Waals surface area contributed by atoms with E-state index in [2.05, 4.69) is 4.98 Å². The van der Waals surface area contributed by atoms with Crippen LogP contribution in [-0.2, 0) is 11.2 Å². The first-order valence-electron chi connectivity index (χ1n) is 4.16. The fourth-order valence-corrected chi connectivity index (χ4v) is 1.45. The number of aliphatic carboxylic acids is 1. The van der Waals surface area contributed by atoms with Crippen molar-refractivity contribution in [2.75, 3.05) is 0 Å². The van der Waals surface area contributed by atoms with Crippen LogP contribution < -0.4 is 0 Å². The third kappa shape index (κ3) is 2.84. The second-order valence-corrected chi connectivity index (χ2v) is 3.35. The van der Waals surface area contributed by atoms with Crippen LogP contribution in [0.15, 0.2) is 6.20 Å². The molecule has 0 atom stereocenters. The summed E-state index contributed by atoms with van der Waals surface area (Å²) in [6.07, 6.45) is -3.28. The van der Waals surface area contributed by atoms with Gasteiger partial charge in [-0.05, 0) is 0 Å². The molecule has 0 spiro atoms. The second-order valence-electron chi connectivity index (χ2n) is 2.94. The summed E-state index contributed by atoms with van der Waals surface area (Å²) in [5, 5.41) is 18.5. The van der Waals surface area contributed by atoms with Gasteiger partial charge in [0.15, 0.2) is 0 Å². The predicted molar refractivity (Wildman–Crippen MR) is 52.2 cm³/mol. The number of nitrogens with zero attached hydrogens (tertiary/aromatic N) is 2. The number of aromatic nitrogens is 1. The summed E-state index contributed by atoms with van der Waals surface area (Å²) in [5.74, 6) is -1.42. The number of carboxylic acid groups (broad SMARTS) is 1. The maximum atomic E-state index is 12.7. The number of pyridine rings is 1. The number of nitro groups is 1. The zero-order chi connectivity index (χ0) is 13.2. The van der Waals surface area contributed by atoms with E-state index in [0.717, 1.165) is 6.20 Å². The van der Waals surface area contributed by atoms with Crippen molar-refractivity contribution in [2.45, 2.75) is 12.8 Å². The quantitative estimate of drug-likeness (QED) is 0.666. The monoisotopic (exact) mass is 266 g/mol. The van der Waals surface area contributed by atoms with E-state index in [4.69, 9.17) is 16.7 Å². The first-order valence-corrected chi connectivity index (χ1v) is 4.54. The van der Waals surface area contributed by atoms with E-state index >= 15 is 0 Å². The molecule has 0 bridgehead atoms. The summed E-state index contributed by atoms with van der Waals surface area (Å²) in [5.41, 5.74) is -2.62.